The smallest absolute Gasteiger partial charge is 0.0201 e. The van der Waals surface area contributed by atoms with Crippen molar-refractivity contribution in [2.45, 2.75) is 53.0 Å². The number of hydrogen-bond acceptors (Lipinski definition) is 1. The number of hydrogen-bond donors (Lipinski definition) is 1. The van der Waals surface area contributed by atoms with Crippen LogP contribution < -0.4 is 5.32 Å². The summed E-state index contributed by atoms with van der Waals surface area (Å²) in [6.45, 7) is 12.8. The molecule has 1 heteroatoms. The zero-order chi connectivity index (χ0) is 9.56. The Labute approximate surface area is 77.2 Å². The molecule has 0 saturated heterocycles. The summed E-state index contributed by atoms with van der Waals surface area (Å²) in [6, 6.07) is 0.517. The lowest BCUT2D eigenvalue weighted by molar-refractivity contribution is 0.481. The predicted octanol–water partition coefficient (Wildman–Crippen LogP) is 3.32. The molecule has 0 bridgehead atoms. The molecular formula is C11H23N. The minimum Gasteiger partial charge on any atom is -0.386 e. The highest BCUT2D eigenvalue weighted by Gasteiger charge is 2.09. The first-order valence-corrected chi connectivity index (χ1v) is 5.07. The Hall–Kier alpha value is -0.460. The van der Waals surface area contributed by atoms with Gasteiger partial charge in [0, 0.05) is 11.7 Å². The third-order valence-corrected chi connectivity index (χ3v) is 2.10. The average Bonchev–Trinajstić information content (AvgIpc) is 1.98. The predicted molar refractivity (Wildman–Crippen MR) is 56.1 cm³/mol. The zero-order valence-electron chi connectivity index (χ0n) is 8.98. The van der Waals surface area contributed by atoms with Crippen molar-refractivity contribution in [2.24, 2.45) is 5.92 Å². The van der Waals surface area contributed by atoms with Crippen LogP contribution in [0.4, 0.5) is 0 Å². The summed E-state index contributed by atoms with van der Waals surface area (Å²) in [7, 11) is 0. The minimum absolute atomic E-state index is 0.517. The van der Waals surface area contributed by atoms with E-state index in [4.69, 9.17) is 0 Å². The van der Waals surface area contributed by atoms with Crippen LogP contribution in [-0.2, 0) is 0 Å². The summed E-state index contributed by atoms with van der Waals surface area (Å²) >= 11 is 0. The Morgan fingerprint density at radius 1 is 1.33 bits per heavy atom. The van der Waals surface area contributed by atoms with E-state index in [1.807, 2.05) is 0 Å². The Bertz CT molecular complexity index is 127. The maximum atomic E-state index is 4.07. The van der Waals surface area contributed by atoms with E-state index in [1.54, 1.807) is 0 Å². The van der Waals surface area contributed by atoms with Crippen molar-refractivity contribution in [3.63, 3.8) is 0 Å². The Morgan fingerprint density at radius 3 is 2.25 bits per heavy atom. The van der Waals surface area contributed by atoms with Crippen LogP contribution in [-0.4, -0.2) is 6.04 Å². The quantitative estimate of drug-likeness (QED) is 0.643. The van der Waals surface area contributed by atoms with Gasteiger partial charge in [-0.1, -0.05) is 26.8 Å². The summed E-state index contributed by atoms with van der Waals surface area (Å²) in [4.78, 5) is 0. The van der Waals surface area contributed by atoms with E-state index in [-0.39, 0.29) is 0 Å². The maximum Gasteiger partial charge on any atom is 0.0201 e. The van der Waals surface area contributed by atoms with Crippen LogP contribution >= 0.6 is 0 Å². The molecule has 0 aliphatic heterocycles. The van der Waals surface area contributed by atoms with Gasteiger partial charge in [0.2, 0.25) is 0 Å². The van der Waals surface area contributed by atoms with E-state index < -0.39 is 0 Å². The fraction of sp³-hybridized carbons (Fsp3) is 0.818. The lowest BCUT2D eigenvalue weighted by Gasteiger charge is -2.20. The van der Waals surface area contributed by atoms with Gasteiger partial charge in [-0.3, -0.25) is 0 Å². The van der Waals surface area contributed by atoms with E-state index in [0.29, 0.717) is 12.0 Å². The average molecular weight is 169 g/mol. The van der Waals surface area contributed by atoms with Crippen LogP contribution in [0.15, 0.2) is 12.3 Å². The largest absolute Gasteiger partial charge is 0.386 e. The molecule has 1 nitrogen and oxygen atoms in total. The fourth-order valence-corrected chi connectivity index (χ4v) is 1.46. The second-order valence-corrected chi connectivity index (χ2v) is 3.72. The third-order valence-electron chi connectivity index (χ3n) is 2.10. The number of allylic oxidation sites excluding steroid dienone is 1. The van der Waals surface area contributed by atoms with Crippen LogP contribution in [0.1, 0.15) is 47.0 Å². The van der Waals surface area contributed by atoms with Crippen molar-refractivity contribution in [2.75, 3.05) is 0 Å². The normalized spacial score (nSPS) is 13.1. The van der Waals surface area contributed by atoms with Crippen molar-refractivity contribution in [1.82, 2.24) is 5.32 Å². The molecule has 0 spiro atoms. The topological polar surface area (TPSA) is 12.0 Å². The highest BCUT2D eigenvalue weighted by Crippen LogP contribution is 2.17. The number of nitrogens with one attached hydrogen (secondary N) is 1. The molecule has 1 atom stereocenters. The van der Waals surface area contributed by atoms with Gasteiger partial charge in [0.25, 0.3) is 0 Å². The van der Waals surface area contributed by atoms with Crippen molar-refractivity contribution in [3.05, 3.63) is 12.3 Å². The van der Waals surface area contributed by atoms with Crippen LogP contribution in [0.25, 0.3) is 0 Å². The molecule has 0 radical (unpaired) electrons. The molecule has 72 valence electrons. The first-order chi connectivity index (χ1) is 5.61. The van der Waals surface area contributed by atoms with Gasteiger partial charge in [0.15, 0.2) is 0 Å². The van der Waals surface area contributed by atoms with Crippen molar-refractivity contribution in [3.8, 4) is 0 Å². The highest BCUT2D eigenvalue weighted by atomic mass is 14.9. The Balaban J connectivity index is 3.85. The van der Waals surface area contributed by atoms with Crippen LogP contribution in [0.3, 0.4) is 0 Å². The SMILES string of the molecule is C=C(NC(C)C)C(CC)CCC. The molecule has 1 unspecified atom stereocenters. The van der Waals surface area contributed by atoms with E-state index in [2.05, 4.69) is 39.6 Å². The fourth-order valence-electron chi connectivity index (χ4n) is 1.46. The molecule has 0 fully saturated rings. The van der Waals surface area contributed by atoms with E-state index in [0.717, 1.165) is 0 Å². The second kappa shape index (κ2) is 6.10. The lowest BCUT2D eigenvalue weighted by Crippen LogP contribution is -2.25. The molecule has 0 aromatic carbocycles. The van der Waals surface area contributed by atoms with Gasteiger partial charge in [-0.25, -0.2) is 0 Å². The van der Waals surface area contributed by atoms with Gasteiger partial charge >= 0.3 is 0 Å². The Morgan fingerprint density at radius 2 is 1.92 bits per heavy atom. The van der Waals surface area contributed by atoms with Gasteiger partial charge < -0.3 is 5.32 Å². The summed E-state index contributed by atoms with van der Waals surface area (Å²) < 4.78 is 0. The molecule has 0 aromatic rings. The zero-order valence-corrected chi connectivity index (χ0v) is 8.98. The standard InChI is InChI=1S/C11H23N/c1-6-8-11(7-2)10(5)12-9(3)4/h9,11-12H,5-8H2,1-4H3. The van der Waals surface area contributed by atoms with Gasteiger partial charge in [-0.2, -0.15) is 0 Å². The molecule has 0 aromatic heterocycles. The molecule has 0 rings (SSSR count). The first-order valence-electron chi connectivity index (χ1n) is 5.07. The molecule has 12 heavy (non-hydrogen) atoms. The number of rotatable bonds is 6. The van der Waals surface area contributed by atoms with Gasteiger partial charge in [0.05, 0.1) is 0 Å². The third kappa shape index (κ3) is 4.42. The molecule has 0 aliphatic rings. The molecule has 0 heterocycles. The summed E-state index contributed by atoms with van der Waals surface area (Å²) in [5.74, 6) is 0.664. The maximum absolute atomic E-state index is 4.07. The second-order valence-electron chi connectivity index (χ2n) is 3.72. The highest BCUT2D eigenvalue weighted by molar-refractivity contribution is 4.98. The van der Waals surface area contributed by atoms with E-state index in [1.165, 1.54) is 25.0 Å². The van der Waals surface area contributed by atoms with Crippen molar-refractivity contribution < 1.29 is 0 Å². The van der Waals surface area contributed by atoms with Gasteiger partial charge in [0.1, 0.15) is 0 Å². The Kier molecular flexibility index (Phi) is 5.87. The molecule has 0 amide bonds. The van der Waals surface area contributed by atoms with Gasteiger partial charge in [-0.15, -0.1) is 0 Å². The first kappa shape index (κ1) is 11.5. The molecular weight excluding hydrogens is 146 g/mol. The molecule has 1 N–H and O–H groups in total. The summed E-state index contributed by atoms with van der Waals surface area (Å²) in [5.41, 5.74) is 1.22. The lowest BCUT2D eigenvalue weighted by atomic mass is 9.97. The van der Waals surface area contributed by atoms with Gasteiger partial charge in [-0.05, 0) is 32.6 Å². The van der Waals surface area contributed by atoms with Crippen LogP contribution in [0, 0.1) is 5.92 Å². The van der Waals surface area contributed by atoms with Crippen LogP contribution in [0.5, 0.6) is 0 Å². The van der Waals surface area contributed by atoms with Crippen molar-refractivity contribution >= 4 is 0 Å². The van der Waals surface area contributed by atoms with Crippen molar-refractivity contribution in [1.29, 1.82) is 0 Å². The van der Waals surface area contributed by atoms with E-state index >= 15 is 0 Å². The van der Waals surface area contributed by atoms with Crippen LogP contribution in [0.2, 0.25) is 0 Å². The molecule has 0 aliphatic carbocycles. The monoisotopic (exact) mass is 169 g/mol. The molecule has 0 saturated carbocycles. The summed E-state index contributed by atoms with van der Waals surface area (Å²) in [5, 5.41) is 3.38. The minimum atomic E-state index is 0.517. The van der Waals surface area contributed by atoms with E-state index in [9.17, 15) is 0 Å². The summed E-state index contributed by atoms with van der Waals surface area (Å²) in [6.07, 6.45) is 3.71.